The van der Waals surface area contributed by atoms with Gasteiger partial charge in [-0.15, -0.1) is 0 Å². The van der Waals surface area contributed by atoms with Crippen LogP contribution in [0.2, 0.25) is 0 Å². The number of rotatable bonds is 4. The first-order valence-corrected chi connectivity index (χ1v) is 7.92. The molecule has 0 aliphatic heterocycles. The van der Waals surface area contributed by atoms with Crippen molar-refractivity contribution in [2.24, 2.45) is 11.8 Å². The Morgan fingerprint density at radius 1 is 1.28 bits per heavy atom. The number of aryl methyl sites for hydroxylation is 1. The Morgan fingerprint density at radius 3 is 2.78 bits per heavy atom. The Hall–Kier alpha value is -0.340. The van der Waals surface area contributed by atoms with Gasteiger partial charge in [-0.2, -0.15) is 0 Å². The molecule has 1 saturated carbocycles. The van der Waals surface area contributed by atoms with Gasteiger partial charge in [0.05, 0.1) is 0 Å². The first-order chi connectivity index (χ1) is 8.66. The van der Waals surface area contributed by atoms with Crippen molar-refractivity contribution in [2.75, 3.05) is 6.54 Å². The lowest BCUT2D eigenvalue weighted by molar-refractivity contribution is 0.247. The third kappa shape index (κ3) is 3.83. The molecule has 2 atom stereocenters. The second-order valence-electron chi connectivity index (χ2n) is 5.74. The minimum absolute atomic E-state index is 0.882. The molecule has 1 aliphatic rings. The summed E-state index contributed by atoms with van der Waals surface area (Å²) >= 11 is 3.60. The van der Waals surface area contributed by atoms with Gasteiger partial charge in [0.25, 0.3) is 0 Å². The van der Waals surface area contributed by atoms with Crippen molar-refractivity contribution in [3.63, 3.8) is 0 Å². The molecule has 1 aromatic carbocycles. The van der Waals surface area contributed by atoms with Crippen LogP contribution < -0.4 is 5.32 Å². The average Bonchev–Trinajstić information content (AvgIpc) is 2.36. The molecule has 0 saturated heterocycles. The lowest BCUT2D eigenvalue weighted by Gasteiger charge is -2.28. The van der Waals surface area contributed by atoms with Crippen LogP contribution in [0.3, 0.4) is 0 Å². The fourth-order valence-corrected chi connectivity index (χ4v) is 3.27. The molecule has 1 aliphatic carbocycles. The van der Waals surface area contributed by atoms with Crippen LogP contribution in [0.5, 0.6) is 0 Å². The van der Waals surface area contributed by atoms with Crippen molar-refractivity contribution < 1.29 is 0 Å². The molecular formula is C16H24BrN. The molecule has 2 heteroatoms. The Labute approximate surface area is 119 Å². The molecule has 1 nitrogen and oxygen atoms in total. The van der Waals surface area contributed by atoms with E-state index in [1.54, 1.807) is 0 Å². The highest BCUT2D eigenvalue weighted by atomic mass is 79.9. The van der Waals surface area contributed by atoms with Crippen LogP contribution >= 0.6 is 15.9 Å². The van der Waals surface area contributed by atoms with Crippen molar-refractivity contribution in [1.29, 1.82) is 0 Å². The maximum atomic E-state index is 3.63. The van der Waals surface area contributed by atoms with Gasteiger partial charge < -0.3 is 5.32 Å². The smallest absolute Gasteiger partial charge is 0.0207 e. The Bertz CT molecular complexity index is 389. The summed E-state index contributed by atoms with van der Waals surface area (Å²) in [6.45, 7) is 6.70. The average molecular weight is 310 g/mol. The van der Waals surface area contributed by atoms with Crippen molar-refractivity contribution in [1.82, 2.24) is 5.32 Å². The van der Waals surface area contributed by atoms with Gasteiger partial charge in [0.2, 0.25) is 0 Å². The Kier molecular flexibility index (Phi) is 5.25. The fourth-order valence-electron chi connectivity index (χ4n) is 2.84. The zero-order valence-corrected chi connectivity index (χ0v) is 13.1. The monoisotopic (exact) mass is 309 g/mol. The predicted molar refractivity (Wildman–Crippen MR) is 81.7 cm³/mol. The molecule has 1 N–H and O–H groups in total. The van der Waals surface area contributed by atoms with Crippen molar-refractivity contribution in [3.05, 3.63) is 33.8 Å². The summed E-state index contributed by atoms with van der Waals surface area (Å²) < 4.78 is 1.22. The number of hydrogen-bond acceptors (Lipinski definition) is 1. The van der Waals surface area contributed by atoms with E-state index >= 15 is 0 Å². The summed E-state index contributed by atoms with van der Waals surface area (Å²) in [5, 5.41) is 3.63. The highest BCUT2D eigenvalue weighted by molar-refractivity contribution is 9.10. The van der Waals surface area contributed by atoms with E-state index in [1.807, 2.05) is 0 Å². The van der Waals surface area contributed by atoms with E-state index in [2.05, 4.69) is 53.3 Å². The van der Waals surface area contributed by atoms with Crippen molar-refractivity contribution >= 4 is 15.9 Å². The molecule has 0 bridgehead atoms. The molecule has 0 amide bonds. The normalized spacial score (nSPS) is 24.2. The first-order valence-electron chi connectivity index (χ1n) is 7.12. The highest BCUT2D eigenvalue weighted by Gasteiger charge is 2.20. The summed E-state index contributed by atoms with van der Waals surface area (Å²) in [5.41, 5.74) is 2.68. The maximum absolute atomic E-state index is 3.63. The van der Waals surface area contributed by atoms with Gasteiger partial charge in [0, 0.05) is 11.0 Å². The van der Waals surface area contributed by atoms with Gasteiger partial charge in [-0.05, 0) is 48.9 Å². The lowest BCUT2D eigenvalue weighted by atomic mass is 9.80. The minimum atomic E-state index is 0.882. The molecule has 100 valence electrons. The lowest BCUT2D eigenvalue weighted by Crippen LogP contribution is -2.29. The van der Waals surface area contributed by atoms with Crippen LogP contribution in [0.4, 0.5) is 0 Å². The van der Waals surface area contributed by atoms with Gasteiger partial charge >= 0.3 is 0 Å². The van der Waals surface area contributed by atoms with E-state index in [9.17, 15) is 0 Å². The van der Waals surface area contributed by atoms with E-state index in [4.69, 9.17) is 0 Å². The van der Waals surface area contributed by atoms with Crippen LogP contribution in [0.1, 0.15) is 43.7 Å². The summed E-state index contributed by atoms with van der Waals surface area (Å²) in [7, 11) is 0. The second kappa shape index (κ2) is 6.72. The Balaban J connectivity index is 1.79. The minimum Gasteiger partial charge on any atom is -0.312 e. The molecule has 1 fully saturated rings. The predicted octanol–water partition coefficient (Wildman–Crippen LogP) is 4.67. The molecule has 18 heavy (non-hydrogen) atoms. The molecule has 1 aromatic rings. The SMILES string of the molecule is Cc1ccc(CNCC2CCCCC2C)cc1Br. The number of hydrogen-bond donors (Lipinski definition) is 1. The summed E-state index contributed by atoms with van der Waals surface area (Å²) in [6, 6.07) is 6.63. The zero-order chi connectivity index (χ0) is 13.0. The van der Waals surface area contributed by atoms with Gasteiger partial charge in [-0.1, -0.05) is 54.2 Å². The fraction of sp³-hybridized carbons (Fsp3) is 0.625. The Morgan fingerprint density at radius 2 is 2.06 bits per heavy atom. The van der Waals surface area contributed by atoms with E-state index in [1.165, 1.54) is 47.8 Å². The summed E-state index contributed by atoms with van der Waals surface area (Å²) in [6.07, 6.45) is 5.68. The van der Waals surface area contributed by atoms with Crippen LogP contribution in [0.15, 0.2) is 22.7 Å². The molecule has 2 unspecified atom stereocenters. The summed E-state index contributed by atoms with van der Waals surface area (Å²) in [5.74, 6) is 1.78. The van der Waals surface area contributed by atoms with E-state index in [0.717, 1.165) is 18.4 Å². The van der Waals surface area contributed by atoms with Gasteiger partial charge in [0.1, 0.15) is 0 Å². The molecule has 2 rings (SSSR count). The molecule has 0 aromatic heterocycles. The van der Waals surface area contributed by atoms with Crippen LogP contribution in [-0.4, -0.2) is 6.54 Å². The molecule has 0 heterocycles. The van der Waals surface area contributed by atoms with Gasteiger partial charge in [-0.25, -0.2) is 0 Å². The largest absolute Gasteiger partial charge is 0.312 e. The van der Waals surface area contributed by atoms with E-state index in [-0.39, 0.29) is 0 Å². The van der Waals surface area contributed by atoms with Crippen LogP contribution in [0.25, 0.3) is 0 Å². The second-order valence-corrected chi connectivity index (χ2v) is 6.59. The van der Waals surface area contributed by atoms with Crippen LogP contribution in [0, 0.1) is 18.8 Å². The standard InChI is InChI=1S/C16H24BrN/c1-12-5-3-4-6-15(12)11-18-10-14-8-7-13(2)16(17)9-14/h7-9,12,15,18H,3-6,10-11H2,1-2H3. The third-order valence-electron chi connectivity index (χ3n) is 4.26. The zero-order valence-electron chi connectivity index (χ0n) is 11.5. The molecule has 0 radical (unpaired) electrons. The topological polar surface area (TPSA) is 12.0 Å². The molecule has 0 spiro atoms. The molecular weight excluding hydrogens is 286 g/mol. The van der Waals surface area contributed by atoms with Crippen molar-refractivity contribution in [3.8, 4) is 0 Å². The first kappa shape index (κ1) is 14.1. The number of nitrogens with one attached hydrogen (secondary N) is 1. The van der Waals surface area contributed by atoms with E-state index in [0.29, 0.717) is 0 Å². The summed E-state index contributed by atoms with van der Waals surface area (Å²) in [4.78, 5) is 0. The number of benzene rings is 1. The maximum Gasteiger partial charge on any atom is 0.0207 e. The van der Waals surface area contributed by atoms with E-state index < -0.39 is 0 Å². The quantitative estimate of drug-likeness (QED) is 0.852. The highest BCUT2D eigenvalue weighted by Crippen LogP contribution is 2.28. The van der Waals surface area contributed by atoms with Crippen LogP contribution in [-0.2, 0) is 6.54 Å². The number of halogens is 1. The third-order valence-corrected chi connectivity index (χ3v) is 5.12. The van der Waals surface area contributed by atoms with Crippen molar-refractivity contribution in [2.45, 2.75) is 46.1 Å². The van der Waals surface area contributed by atoms with Gasteiger partial charge in [0.15, 0.2) is 0 Å². The van der Waals surface area contributed by atoms with Gasteiger partial charge in [-0.3, -0.25) is 0 Å².